The molecule has 1 aliphatic heterocycles. The predicted octanol–water partition coefficient (Wildman–Crippen LogP) is 5.43. The van der Waals surface area contributed by atoms with Crippen LogP contribution in [0.15, 0.2) is 48.6 Å². The van der Waals surface area contributed by atoms with E-state index in [4.69, 9.17) is 4.74 Å². The summed E-state index contributed by atoms with van der Waals surface area (Å²) in [5.41, 5.74) is 2.90. The molecule has 1 amide bonds. The molecular weight excluding hydrogens is 446 g/mol. The highest BCUT2D eigenvalue weighted by atomic mass is 32.1. The number of likely N-dealkylation sites (tertiary alicyclic amines) is 1. The number of fused-ring (bicyclic) bond motifs is 1. The molecule has 2 aromatic carbocycles. The largest absolute Gasteiger partial charge is 0.497 e. The lowest BCUT2D eigenvalue weighted by atomic mass is 10.1. The number of nitrogens with one attached hydrogen (secondary N) is 1. The van der Waals surface area contributed by atoms with Crippen LogP contribution in [-0.4, -0.2) is 39.4 Å². The van der Waals surface area contributed by atoms with Gasteiger partial charge in [0.1, 0.15) is 28.9 Å². The Bertz CT molecular complexity index is 1390. The number of H-pyrrole nitrogens is 1. The Kier molecular flexibility index (Phi) is 5.20. The van der Waals surface area contributed by atoms with Crippen molar-refractivity contribution in [3.63, 3.8) is 0 Å². The third-order valence-electron chi connectivity index (χ3n) is 5.60. The standard InChI is InChI=1S/C24H20F2N4O2S/c1-12-6-20(23-28-18-5-4-17(32-3)10-19(18)29-23)30(11-12)24(31)21-22(33-13(2)27-21)14-7-15(25)9-16(26)8-14/h4-5,7-10,20H,1,6,11H2,2-3H3,(H,28,29). The normalized spacial score (nSPS) is 16.1. The van der Waals surface area contributed by atoms with Crippen molar-refractivity contribution >= 4 is 28.3 Å². The Hall–Kier alpha value is -3.59. The molecule has 1 aliphatic rings. The van der Waals surface area contributed by atoms with Gasteiger partial charge in [0.15, 0.2) is 0 Å². The zero-order valence-corrected chi connectivity index (χ0v) is 18.8. The van der Waals surface area contributed by atoms with E-state index in [0.717, 1.165) is 22.7 Å². The maximum atomic E-state index is 13.9. The average molecular weight is 467 g/mol. The molecule has 3 heterocycles. The van der Waals surface area contributed by atoms with Gasteiger partial charge >= 0.3 is 0 Å². The number of methoxy groups -OCH3 is 1. The monoisotopic (exact) mass is 466 g/mol. The van der Waals surface area contributed by atoms with Crippen LogP contribution in [0.2, 0.25) is 0 Å². The minimum atomic E-state index is -0.709. The zero-order chi connectivity index (χ0) is 23.3. The quantitative estimate of drug-likeness (QED) is 0.408. The molecule has 168 valence electrons. The van der Waals surface area contributed by atoms with Crippen LogP contribution < -0.4 is 4.74 Å². The highest BCUT2D eigenvalue weighted by Gasteiger charge is 2.37. The van der Waals surface area contributed by atoms with Gasteiger partial charge in [0.2, 0.25) is 0 Å². The fourth-order valence-corrected chi connectivity index (χ4v) is 5.04. The van der Waals surface area contributed by atoms with Crippen LogP contribution in [-0.2, 0) is 0 Å². The summed E-state index contributed by atoms with van der Waals surface area (Å²) in [7, 11) is 1.59. The number of rotatable bonds is 4. The lowest BCUT2D eigenvalue weighted by Crippen LogP contribution is -2.31. The highest BCUT2D eigenvalue weighted by molar-refractivity contribution is 7.15. The maximum absolute atomic E-state index is 13.9. The number of halogens is 2. The minimum Gasteiger partial charge on any atom is -0.497 e. The molecule has 1 unspecified atom stereocenters. The van der Waals surface area contributed by atoms with E-state index in [1.165, 1.54) is 23.5 Å². The molecule has 0 bridgehead atoms. The lowest BCUT2D eigenvalue weighted by Gasteiger charge is -2.22. The number of hydrogen-bond acceptors (Lipinski definition) is 5. The van der Waals surface area contributed by atoms with E-state index < -0.39 is 11.6 Å². The molecule has 1 fully saturated rings. The number of aromatic nitrogens is 3. The third-order valence-corrected chi connectivity index (χ3v) is 6.62. The van der Waals surface area contributed by atoms with Gasteiger partial charge < -0.3 is 14.6 Å². The van der Waals surface area contributed by atoms with Crippen LogP contribution in [0.4, 0.5) is 8.78 Å². The molecule has 9 heteroatoms. The van der Waals surface area contributed by atoms with E-state index in [1.807, 2.05) is 18.2 Å². The smallest absolute Gasteiger partial charge is 0.274 e. The summed E-state index contributed by atoms with van der Waals surface area (Å²) >= 11 is 1.23. The van der Waals surface area contributed by atoms with E-state index in [0.29, 0.717) is 34.4 Å². The fourth-order valence-electron chi connectivity index (χ4n) is 4.14. The summed E-state index contributed by atoms with van der Waals surface area (Å²) in [4.78, 5) is 28.1. The van der Waals surface area contributed by atoms with E-state index in [9.17, 15) is 13.6 Å². The van der Waals surface area contributed by atoms with Crippen molar-refractivity contribution in [2.75, 3.05) is 13.7 Å². The topological polar surface area (TPSA) is 71.1 Å². The molecule has 0 spiro atoms. The molecule has 5 rings (SSSR count). The lowest BCUT2D eigenvalue weighted by molar-refractivity contribution is 0.0728. The van der Waals surface area contributed by atoms with E-state index >= 15 is 0 Å². The third kappa shape index (κ3) is 3.89. The van der Waals surface area contributed by atoms with Crippen molar-refractivity contribution in [2.45, 2.75) is 19.4 Å². The Balaban J connectivity index is 1.54. The fraction of sp³-hybridized carbons (Fsp3) is 0.208. The second kappa shape index (κ2) is 8.08. The SMILES string of the molecule is C=C1CC(c2nc3ccc(OC)cc3[nH]2)N(C(=O)c2nc(C)sc2-c2cc(F)cc(F)c2)C1. The Morgan fingerprint density at radius 1 is 1.21 bits per heavy atom. The van der Waals surface area contributed by atoms with Crippen molar-refractivity contribution in [1.82, 2.24) is 19.9 Å². The predicted molar refractivity (Wildman–Crippen MR) is 122 cm³/mol. The number of thiazole rings is 1. The van der Waals surface area contributed by atoms with Gasteiger partial charge in [-0.25, -0.2) is 18.7 Å². The molecular formula is C24H20F2N4O2S. The number of imidazole rings is 1. The minimum absolute atomic E-state index is 0.167. The van der Waals surface area contributed by atoms with Gasteiger partial charge in [-0.05, 0) is 43.2 Å². The van der Waals surface area contributed by atoms with Crippen molar-refractivity contribution < 1.29 is 18.3 Å². The first-order valence-electron chi connectivity index (χ1n) is 10.3. The molecule has 0 saturated carbocycles. The second-order valence-electron chi connectivity index (χ2n) is 7.98. The number of ether oxygens (including phenoxy) is 1. The molecule has 1 atom stereocenters. The number of aromatic amines is 1. The van der Waals surface area contributed by atoms with Gasteiger partial charge in [-0.1, -0.05) is 12.2 Å². The number of aryl methyl sites for hydroxylation is 1. The molecule has 1 N–H and O–H groups in total. The van der Waals surface area contributed by atoms with Gasteiger partial charge in [0, 0.05) is 18.7 Å². The number of nitrogens with zero attached hydrogens (tertiary/aromatic N) is 3. The summed E-state index contributed by atoms with van der Waals surface area (Å²) in [6, 6.07) is 8.39. The van der Waals surface area contributed by atoms with Gasteiger partial charge in [-0.15, -0.1) is 11.3 Å². The number of carbonyl (C=O) groups excluding carboxylic acids is 1. The number of carbonyl (C=O) groups is 1. The summed E-state index contributed by atoms with van der Waals surface area (Å²) in [6.07, 6.45) is 0.551. The van der Waals surface area contributed by atoms with Gasteiger partial charge in [-0.3, -0.25) is 4.79 Å². The molecule has 2 aromatic heterocycles. The van der Waals surface area contributed by atoms with Crippen LogP contribution in [0.3, 0.4) is 0 Å². The number of amides is 1. The first-order valence-corrected chi connectivity index (χ1v) is 11.1. The van der Waals surface area contributed by atoms with Crippen LogP contribution in [0, 0.1) is 18.6 Å². The van der Waals surface area contributed by atoms with Crippen LogP contribution in [0.25, 0.3) is 21.5 Å². The van der Waals surface area contributed by atoms with E-state index in [-0.39, 0.29) is 23.2 Å². The number of benzene rings is 2. The average Bonchev–Trinajstić information content (AvgIpc) is 3.47. The number of hydrogen-bond donors (Lipinski definition) is 1. The first-order chi connectivity index (χ1) is 15.8. The van der Waals surface area contributed by atoms with Crippen LogP contribution in [0.5, 0.6) is 5.75 Å². The van der Waals surface area contributed by atoms with E-state index in [1.54, 1.807) is 18.9 Å². The highest BCUT2D eigenvalue weighted by Crippen LogP contribution is 2.38. The van der Waals surface area contributed by atoms with Crippen molar-refractivity contribution in [3.8, 4) is 16.2 Å². The summed E-state index contributed by atoms with van der Waals surface area (Å²) < 4.78 is 33.0. The van der Waals surface area contributed by atoms with E-state index in [2.05, 4.69) is 21.5 Å². The maximum Gasteiger partial charge on any atom is 0.274 e. The molecule has 6 nitrogen and oxygen atoms in total. The molecule has 4 aromatic rings. The molecule has 1 saturated heterocycles. The molecule has 0 radical (unpaired) electrons. The molecule has 33 heavy (non-hydrogen) atoms. The Morgan fingerprint density at radius 3 is 2.70 bits per heavy atom. The van der Waals surface area contributed by atoms with Gasteiger partial charge in [0.05, 0.1) is 34.1 Å². The van der Waals surface area contributed by atoms with Gasteiger partial charge in [0.25, 0.3) is 5.91 Å². The Morgan fingerprint density at radius 2 is 1.97 bits per heavy atom. The Labute approximate surface area is 192 Å². The van der Waals surface area contributed by atoms with Crippen molar-refractivity contribution in [3.05, 3.63) is 76.7 Å². The summed E-state index contributed by atoms with van der Waals surface area (Å²) in [5, 5.41) is 0.628. The second-order valence-corrected chi connectivity index (χ2v) is 9.18. The van der Waals surface area contributed by atoms with Crippen molar-refractivity contribution in [2.24, 2.45) is 0 Å². The summed E-state index contributed by atoms with van der Waals surface area (Å²) in [6.45, 7) is 6.18. The first kappa shape index (κ1) is 21.3. The molecule has 0 aliphatic carbocycles. The van der Waals surface area contributed by atoms with Crippen molar-refractivity contribution in [1.29, 1.82) is 0 Å². The van der Waals surface area contributed by atoms with Crippen LogP contribution >= 0.6 is 11.3 Å². The zero-order valence-electron chi connectivity index (χ0n) is 18.0. The van der Waals surface area contributed by atoms with Gasteiger partial charge in [-0.2, -0.15) is 0 Å². The van der Waals surface area contributed by atoms with Crippen LogP contribution in [0.1, 0.15) is 33.8 Å². The summed E-state index contributed by atoms with van der Waals surface area (Å²) in [5.74, 6) is -0.415.